The first-order chi connectivity index (χ1) is 13.7. The van der Waals surface area contributed by atoms with Crippen molar-refractivity contribution in [3.05, 3.63) is 39.8 Å². The highest BCUT2D eigenvalue weighted by Gasteiger charge is 2.14. The van der Waals surface area contributed by atoms with E-state index in [4.69, 9.17) is 4.42 Å². The number of oxazole rings is 1. The molecule has 0 radical (unpaired) electrons. The van der Waals surface area contributed by atoms with Gasteiger partial charge in [-0.1, -0.05) is 24.2 Å². The van der Waals surface area contributed by atoms with Gasteiger partial charge < -0.3 is 14.6 Å². The molecule has 1 amide bonds. The largest absolute Gasteiger partial charge is 0.431 e. The van der Waals surface area contributed by atoms with E-state index in [1.807, 2.05) is 30.5 Å². The van der Waals surface area contributed by atoms with Crippen LogP contribution in [-0.2, 0) is 5.75 Å². The molecule has 0 spiro atoms. The quantitative estimate of drug-likeness (QED) is 0.585. The fraction of sp³-hybridized carbons (Fsp3) is 0.450. The average molecular weight is 417 g/mol. The molecule has 3 heterocycles. The highest BCUT2D eigenvalue weighted by atomic mass is 32.2. The number of hydrogen-bond donors (Lipinski definition) is 1. The van der Waals surface area contributed by atoms with Gasteiger partial charge in [-0.15, -0.1) is 11.3 Å². The van der Waals surface area contributed by atoms with Crippen LogP contribution in [0.1, 0.15) is 40.3 Å². The Hall–Kier alpha value is -1.90. The Morgan fingerprint density at radius 3 is 3.00 bits per heavy atom. The molecule has 8 heteroatoms. The minimum atomic E-state index is -0.0955. The maximum absolute atomic E-state index is 12.3. The number of benzene rings is 1. The second kappa shape index (κ2) is 9.07. The van der Waals surface area contributed by atoms with Gasteiger partial charge in [0.25, 0.3) is 11.1 Å². The normalized spacial score (nSPS) is 15.2. The summed E-state index contributed by atoms with van der Waals surface area (Å²) in [6.07, 6.45) is 3.85. The van der Waals surface area contributed by atoms with Crippen LogP contribution in [0.3, 0.4) is 0 Å². The van der Waals surface area contributed by atoms with Gasteiger partial charge >= 0.3 is 0 Å². The zero-order chi connectivity index (χ0) is 19.3. The Balaban J connectivity index is 1.26. The van der Waals surface area contributed by atoms with E-state index >= 15 is 0 Å². The summed E-state index contributed by atoms with van der Waals surface area (Å²) in [5, 5.41) is 6.32. The van der Waals surface area contributed by atoms with Gasteiger partial charge in [-0.25, -0.2) is 9.97 Å². The standard InChI is InChI=1S/C20H24N4O2S2/c1-14-5-6-17-15(11-14)23-20(26-17)28-13-18-22-16(12-27-18)19(25)21-7-10-24-8-3-2-4-9-24/h5-6,11-12H,2-4,7-10,13H2,1H3,(H,21,25). The lowest BCUT2D eigenvalue weighted by molar-refractivity contribution is 0.0942. The molecule has 0 saturated carbocycles. The van der Waals surface area contributed by atoms with E-state index in [2.05, 4.69) is 20.2 Å². The SMILES string of the molecule is Cc1ccc2oc(SCc3nc(C(=O)NCCN4CCCCC4)cs3)nc2c1. The lowest BCUT2D eigenvalue weighted by Gasteiger charge is -2.26. The molecule has 1 saturated heterocycles. The number of thiazole rings is 1. The van der Waals surface area contributed by atoms with Gasteiger partial charge in [-0.3, -0.25) is 4.79 Å². The second-order valence-electron chi connectivity index (χ2n) is 7.02. The number of amides is 1. The first-order valence-corrected chi connectivity index (χ1v) is 11.5. The fourth-order valence-electron chi connectivity index (χ4n) is 3.28. The van der Waals surface area contributed by atoms with E-state index in [-0.39, 0.29) is 5.91 Å². The third-order valence-corrected chi connectivity index (χ3v) is 6.66. The number of likely N-dealkylation sites (tertiary alicyclic amines) is 1. The van der Waals surface area contributed by atoms with Crippen molar-refractivity contribution in [1.29, 1.82) is 0 Å². The van der Waals surface area contributed by atoms with Gasteiger partial charge in [0, 0.05) is 18.5 Å². The highest BCUT2D eigenvalue weighted by Crippen LogP contribution is 2.27. The van der Waals surface area contributed by atoms with Crippen LogP contribution in [-0.4, -0.2) is 47.0 Å². The Labute approximate surface area is 172 Å². The third kappa shape index (κ3) is 4.92. The van der Waals surface area contributed by atoms with E-state index in [1.165, 1.54) is 42.4 Å². The number of nitrogens with one attached hydrogen (secondary N) is 1. The molecule has 1 fully saturated rings. The van der Waals surface area contributed by atoms with Crippen molar-refractivity contribution >= 4 is 40.1 Å². The summed E-state index contributed by atoms with van der Waals surface area (Å²) < 4.78 is 5.75. The minimum absolute atomic E-state index is 0.0955. The van der Waals surface area contributed by atoms with Crippen LogP contribution in [0.4, 0.5) is 0 Å². The minimum Gasteiger partial charge on any atom is -0.431 e. The molecule has 6 nitrogen and oxygen atoms in total. The molecular weight excluding hydrogens is 392 g/mol. The maximum Gasteiger partial charge on any atom is 0.270 e. The van der Waals surface area contributed by atoms with Gasteiger partial charge in [0.15, 0.2) is 5.58 Å². The molecule has 0 unspecified atom stereocenters. The number of rotatable bonds is 7. The van der Waals surface area contributed by atoms with Crippen molar-refractivity contribution in [3.63, 3.8) is 0 Å². The molecule has 1 aliphatic heterocycles. The first-order valence-electron chi connectivity index (χ1n) is 9.62. The fourth-order valence-corrected chi connectivity index (χ4v) is 4.91. The van der Waals surface area contributed by atoms with Crippen molar-refractivity contribution in [1.82, 2.24) is 20.2 Å². The van der Waals surface area contributed by atoms with Crippen LogP contribution in [0.5, 0.6) is 0 Å². The molecule has 148 valence electrons. The van der Waals surface area contributed by atoms with Crippen LogP contribution in [0, 0.1) is 6.92 Å². The Bertz CT molecular complexity index is 947. The van der Waals surface area contributed by atoms with E-state index in [9.17, 15) is 4.79 Å². The van der Waals surface area contributed by atoms with Gasteiger partial charge in [0.2, 0.25) is 0 Å². The van der Waals surface area contributed by atoms with Gasteiger partial charge in [0.1, 0.15) is 16.2 Å². The molecule has 1 aliphatic rings. The van der Waals surface area contributed by atoms with E-state index in [1.54, 1.807) is 0 Å². The zero-order valence-electron chi connectivity index (χ0n) is 15.9. The molecule has 1 aromatic carbocycles. The van der Waals surface area contributed by atoms with E-state index in [0.29, 0.717) is 23.2 Å². The molecule has 1 N–H and O–H groups in total. The lowest BCUT2D eigenvalue weighted by atomic mass is 10.1. The number of thioether (sulfide) groups is 1. The summed E-state index contributed by atoms with van der Waals surface area (Å²) in [6, 6.07) is 5.97. The van der Waals surface area contributed by atoms with Gasteiger partial charge in [-0.2, -0.15) is 0 Å². The first kappa shape index (κ1) is 19.4. The monoisotopic (exact) mass is 416 g/mol. The molecule has 2 aromatic heterocycles. The van der Waals surface area contributed by atoms with Crippen molar-refractivity contribution in [2.24, 2.45) is 0 Å². The average Bonchev–Trinajstić information content (AvgIpc) is 3.33. The van der Waals surface area contributed by atoms with Crippen molar-refractivity contribution in [2.45, 2.75) is 37.2 Å². The number of carbonyl (C=O) groups excluding carboxylic acids is 1. The van der Waals surface area contributed by atoms with Crippen LogP contribution >= 0.6 is 23.1 Å². The molecule has 28 heavy (non-hydrogen) atoms. The van der Waals surface area contributed by atoms with Gasteiger partial charge in [-0.05, 0) is 50.6 Å². The second-order valence-corrected chi connectivity index (χ2v) is 8.89. The molecule has 3 aromatic rings. The van der Waals surface area contributed by atoms with Crippen LogP contribution in [0.25, 0.3) is 11.1 Å². The molecular formula is C20H24N4O2S2. The van der Waals surface area contributed by atoms with Crippen molar-refractivity contribution < 1.29 is 9.21 Å². The number of aryl methyl sites for hydroxylation is 1. The summed E-state index contributed by atoms with van der Waals surface area (Å²) in [5.41, 5.74) is 3.32. The van der Waals surface area contributed by atoms with Crippen LogP contribution in [0.2, 0.25) is 0 Å². The number of aromatic nitrogens is 2. The van der Waals surface area contributed by atoms with Crippen molar-refractivity contribution in [2.75, 3.05) is 26.2 Å². The molecule has 4 rings (SSSR count). The number of fused-ring (bicyclic) bond motifs is 1. The summed E-state index contributed by atoms with van der Waals surface area (Å²) in [4.78, 5) is 23.7. The van der Waals surface area contributed by atoms with Crippen molar-refractivity contribution in [3.8, 4) is 0 Å². The number of hydrogen-bond acceptors (Lipinski definition) is 7. The lowest BCUT2D eigenvalue weighted by Crippen LogP contribution is -2.37. The highest BCUT2D eigenvalue weighted by molar-refractivity contribution is 7.98. The van der Waals surface area contributed by atoms with E-state index in [0.717, 1.165) is 41.3 Å². The molecule has 0 atom stereocenters. The predicted octanol–water partition coefficient (Wildman–Crippen LogP) is 4.10. The topological polar surface area (TPSA) is 71.3 Å². The van der Waals surface area contributed by atoms with E-state index < -0.39 is 0 Å². The summed E-state index contributed by atoms with van der Waals surface area (Å²) >= 11 is 2.99. The Morgan fingerprint density at radius 2 is 2.14 bits per heavy atom. The molecule has 0 bridgehead atoms. The summed E-state index contributed by atoms with van der Waals surface area (Å²) in [6.45, 7) is 5.90. The Morgan fingerprint density at radius 1 is 1.29 bits per heavy atom. The number of nitrogens with zero attached hydrogens (tertiary/aromatic N) is 3. The number of piperidine rings is 1. The zero-order valence-corrected chi connectivity index (χ0v) is 17.6. The summed E-state index contributed by atoms with van der Waals surface area (Å²) in [5.74, 6) is 0.541. The van der Waals surface area contributed by atoms with Crippen LogP contribution < -0.4 is 5.32 Å². The summed E-state index contributed by atoms with van der Waals surface area (Å²) in [7, 11) is 0. The van der Waals surface area contributed by atoms with Gasteiger partial charge in [0.05, 0.1) is 5.75 Å². The maximum atomic E-state index is 12.3. The Kier molecular flexibility index (Phi) is 6.29. The molecule has 0 aliphatic carbocycles. The smallest absolute Gasteiger partial charge is 0.270 e. The van der Waals surface area contributed by atoms with Crippen LogP contribution in [0.15, 0.2) is 33.2 Å². The third-order valence-electron chi connectivity index (χ3n) is 4.79. The predicted molar refractivity (Wildman–Crippen MR) is 113 cm³/mol. The number of carbonyl (C=O) groups is 1.